The maximum Gasteiger partial charge on any atom is 0.222 e. The Balaban J connectivity index is 1.64. The van der Waals surface area contributed by atoms with Crippen molar-refractivity contribution in [1.82, 2.24) is 9.97 Å². The van der Waals surface area contributed by atoms with Gasteiger partial charge >= 0.3 is 0 Å². The lowest BCUT2D eigenvalue weighted by Crippen LogP contribution is -2.44. The van der Waals surface area contributed by atoms with Crippen LogP contribution in [0.3, 0.4) is 0 Å². The maximum absolute atomic E-state index is 5.99. The number of anilines is 1. The summed E-state index contributed by atoms with van der Waals surface area (Å²) in [5.74, 6) is 2.99. The average Bonchev–Trinajstić information content (AvgIpc) is 2.80. The summed E-state index contributed by atoms with van der Waals surface area (Å²) in [4.78, 5) is 8.37. The lowest BCUT2D eigenvalue weighted by molar-refractivity contribution is -0.0628. The van der Waals surface area contributed by atoms with E-state index in [1.807, 2.05) is 11.8 Å². The van der Waals surface area contributed by atoms with E-state index in [9.17, 15) is 0 Å². The molecule has 98 valence electrons. The first-order valence-corrected chi connectivity index (χ1v) is 7.75. The van der Waals surface area contributed by atoms with E-state index in [-0.39, 0.29) is 5.60 Å². The lowest BCUT2D eigenvalue weighted by Gasteiger charge is -2.37. The third-order valence-electron chi connectivity index (χ3n) is 3.51. The molecule has 2 aliphatic rings. The number of rotatable bonds is 2. The predicted molar refractivity (Wildman–Crippen MR) is 74.3 cm³/mol. The molecule has 18 heavy (non-hydrogen) atoms. The molecule has 1 spiro atoms. The second kappa shape index (κ2) is 5.23. The molecule has 1 N–H and O–H groups in total. The SMILES string of the molecule is Clc1cnc(N[C@H]2CCO[C@]3(CCSC3)C2)nc1. The number of hydrogen-bond acceptors (Lipinski definition) is 5. The van der Waals surface area contributed by atoms with E-state index in [2.05, 4.69) is 15.3 Å². The second-order valence-electron chi connectivity index (χ2n) is 4.89. The third kappa shape index (κ3) is 2.73. The molecule has 2 atom stereocenters. The molecule has 0 radical (unpaired) electrons. The summed E-state index contributed by atoms with van der Waals surface area (Å²) in [6, 6.07) is 0.402. The summed E-state index contributed by atoms with van der Waals surface area (Å²) in [6.07, 6.45) is 6.47. The number of nitrogens with zero attached hydrogens (tertiary/aromatic N) is 2. The van der Waals surface area contributed by atoms with Crippen LogP contribution in [0.5, 0.6) is 0 Å². The fraction of sp³-hybridized carbons (Fsp3) is 0.667. The number of nitrogens with one attached hydrogen (secondary N) is 1. The van der Waals surface area contributed by atoms with E-state index in [0.717, 1.165) is 31.6 Å². The van der Waals surface area contributed by atoms with Gasteiger partial charge in [-0.05, 0) is 25.0 Å². The van der Waals surface area contributed by atoms with Crippen molar-refractivity contribution >= 4 is 29.3 Å². The van der Waals surface area contributed by atoms with Crippen LogP contribution in [0.15, 0.2) is 12.4 Å². The quantitative estimate of drug-likeness (QED) is 0.905. The van der Waals surface area contributed by atoms with Crippen molar-refractivity contribution in [3.8, 4) is 0 Å². The van der Waals surface area contributed by atoms with E-state index in [1.165, 1.54) is 5.75 Å². The van der Waals surface area contributed by atoms with Crippen LogP contribution in [-0.2, 0) is 4.74 Å². The van der Waals surface area contributed by atoms with E-state index in [1.54, 1.807) is 12.4 Å². The van der Waals surface area contributed by atoms with Crippen LogP contribution in [0.4, 0.5) is 5.95 Å². The average molecular weight is 286 g/mol. The maximum atomic E-state index is 5.99. The number of thioether (sulfide) groups is 1. The van der Waals surface area contributed by atoms with E-state index >= 15 is 0 Å². The Kier molecular flexibility index (Phi) is 3.63. The normalized spacial score (nSPS) is 31.7. The molecular weight excluding hydrogens is 270 g/mol. The molecule has 6 heteroatoms. The number of hydrogen-bond donors (Lipinski definition) is 1. The minimum absolute atomic E-state index is 0.0903. The van der Waals surface area contributed by atoms with Crippen molar-refractivity contribution in [2.24, 2.45) is 0 Å². The van der Waals surface area contributed by atoms with E-state index in [0.29, 0.717) is 17.0 Å². The van der Waals surface area contributed by atoms with Crippen LogP contribution < -0.4 is 5.32 Å². The molecule has 0 saturated carbocycles. The minimum Gasteiger partial charge on any atom is -0.374 e. The highest BCUT2D eigenvalue weighted by Crippen LogP contribution is 2.38. The molecule has 0 unspecified atom stereocenters. The second-order valence-corrected chi connectivity index (χ2v) is 6.43. The summed E-state index contributed by atoms with van der Waals surface area (Å²) >= 11 is 7.77. The Morgan fingerprint density at radius 2 is 2.28 bits per heavy atom. The summed E-state index contributed by atoms with van der Waals surface area (Å²) in [5.41, 5.74) is 0.0903. The fourth-order valence-corrected chi connectivity index (χ4v) is 4.06. The van der Waals surface area contributed by atoms with Crippen LogP contribution in [0, 0.1) is 0 Å². The molecule has 3 heterocycles. The van der Waals surface area contributed by atoms with Gasteiger partial charge in [-0.3, -0.25) is 0 Å². The van der Waals surface area contributed by atoms with Crippen molar-refractivity contribution in [1.29, 1.82) is 0 Å². The van der Waals surface area contributed by atoms with Gasteiger partial charge in [0.15, 0.2) is 0 Å². The molecule has 2 fully saturated rings. The first kappa shape index (κ1) is 12.5. The number of aromatic nitrogens is 2. The largest absolute Gasteiger partial charge is 0.374 e. The summed E-state index contributed by atoms with van der Waals surface area (Å²) in [5, 5.41) is 3.96. The van der Waals surface area contributed by atoms with Crippen molar-refractivity contribution in [3.63, 3.8) is 0 Å². The van der Waals surface area contributed by atoms with Crippen molar-refractivity contribution in [2.75, 3.05) is 23.4 Å². The third-order valence-corrected chi connectivity index (χ3v) is 4.93. The van der Waals surface area contributed by atoms with Crippen molar-refractivity contribution < 1.29 is 4.74 Å². The molecule has 0 amide bonds. The first-order valence-electron chi connectivity index (χ1n) is 6.22. The summed E-state index contributed by atoms with van der Waals surface area (Å²) < 4.78 is 5.99. The molecule has 0 aliphatic carbocycles. The molecule has 2 saturated heterocycles. The summed E-state index contributed by atoms with van der Waals surface area (Å²) in [7, 11) is 0. The molecule has 1 aromatic heterocycles. The van der Waals surface area contributed by atoms with Crippen LogP contribution >= 0.6 is 23.4 Å². The molecule has 1 aromatic rings. The fourth-order valence-electron chi connectivity index (χ4n) is 2.58. The van der Waals surface area contributed by atoms with Gasteiger partial charge in [0.1, 0.15) is 0 Å². The molecular formula is C12H16ClN3OS. The summed E-state index contributed by atoms with van der Waals surface area (Å²) in [6.45, 7) is 0.825. The van der Waals surface area contributed by atoms with Crippen LogP contribution in [-0.4, -0.2) is 39.7 Å². The zero-order valence-electron chi connectivity index (χ0n) is 10.1. The van der Waals surface area contributed by atoms with Crippen molar-refractivity contribution in [3.05, 3.63) is 17.4 Å². The monoisotopic (exact) mass is 285 g/mol. The van der Waals surface area contributed by atoms with Gasteiger partial charge < -0.3 is 10.1 Å². The molecule has 4 nitrogen and oxygen atoms in total. The van der Waals surface area contributed by atoms with Gasteiger partial charge in [-0.15, -0.1) is 0 Å². The Hall–Kier alpha value is -0.520. The smallest absolute Gasteiger partial charge is 0.222 e. The highest BCUT2D eigenvalue weighted by atomic mass is 35.5. The highest BCUT2D eigenvalue weighted by Gasteiger charge is 2.40. The highest BCUT2D eigenvalue weighted by molar-refractivity contribution is 7.99. The van der Waals surface area contributed by atoms with Crippen LogP contribution in [0.2, 0.25) is 5.02 Å². The Labute approximate surface area is 116 Å². The Bertz CT molecular complexity index is 408. The van der Waals surface area contributed by atoms with Crippen molar-refractivity contribution in [2.45, 2.75) is 30.9 Å². The zero-order chi connectivity index (χ0) is 12.4. The Morgan fingerprint density at radius 1 is 1.44 bits per heavy atom. The topological polar surface area (TPSA) is 47.0 Å². The molecule has 0 bridgehead atoms. The van der Waals surface area contributed by atoms with Crippen LogP contribution in [0.25, 0.3) is 0 Å². The Morgan fingerprint density at radius 3 is 3.00 bits per heavy atom. The molecule has 2 aliphatic heterocycles. The predicted octanol–water partition coefficient (Wildman–Crippen LogP) is 2.60. The lowest BCUT2D eigenvalue weighted by atomic mass is 9.90. The minimum atomic E-state index is 0.0903. The molecule has 3 rings (SSSR count). The van der Waals surface area contributed by atoms with Gasteiger partial charge in [0.2, 0.25) is 5.95 Å². The first-order chi connectivity index (χ1) is 8.76. The van der Waals surface area contributed by atoms with Gasteiger partial charge in [0.25, 0.3) is 0 Å². The van der Waals surface area contributed by atoms with E-state index < -0.39 is 0 Å². The number of halogens is 1. The molecule has 0 aromatic carbocycles. The van der Waals surface area contributed by atoms with Gasteiger partial charge in [0, 0.05) is 18.4 Å². The van der Waals surface area contributed by atoms with Gasteiger partial charge in [0.05, 0.1) is 23.0 Å². The van der Waals surface area contributed by atoms with Gasteiger partial charge in [-0.1, -0.05) is 11.6 Å². The zero-order valence-corrected chi connectivity index (χ0v) is 11.6. The van der Waals surface area contributed by atoms with Gasteiger partial charge in [-0.25, -0.2) is 9.97 Å². The number of ether oxygens (including phenoxy) is 1. The standard InChI is InChI=1S/C12H16ClN3OS/c13-9-6-14-11(15-7-9)16-10-1-3-17-12(5-10)2-4-18-8-12/h6-7,10H,1-5,8H2,(H,14,15,16)/t10-,12+/m0/s1. The van der Waals surface area contributed by atoms with E-state index in [4.69, 9.17) is 16.3 Å². The van der Waals surface area contributed by atoms with Crippen LogP contribution in [0.1, 0.15) is 19.3 Å². The van der Waals surface area contributed by atoms with Gasteiger partial charge in [-0.2, -0.15) is 11.8 Å².